The van der Waals surface area contributed by atoms with Gasteiger partial charge in [0, 0.05) is 34.6 Å². The van der Waals surface area contributed by atoms with Crippen LogP contribution in [0.5, 0.6) is 0 Å². The van der Waals surface area contributed by atoms with Crippen molar-refractivity contribution in [2.24, 2.45) is 5.92 Å². The van der Waals surface area contributed by atoms with Crippen molar-refractivity contribution in [3.8, 4) is 11.3 Å². The van der Waals surface area contributed by atoms with Crippen LogP contribution in [0.3, 0.4) is 0 Å². The van der Waals surface area contributed by atoms with E-state index in [0.717, 1.165) is 23.5 Å². The quantitative estimate of drug-likeness (QED) is 0.406. The van der Waals surface area contributed by atoms with E-state index in [0.29, 0.717) is 5.92 Å². The molecule has 2 fully saturated rings. The normalized spacial score (nSPS) is 23.5. The van der Waals surface area contributed by atoms with Crippen LogP contribution < -0.4 is 0 Å². The zero-order valence-electron chi connectivity index (χ0n) is 20.0. The van der Waals surface area contributed by atoms with Gasteiger partial charge in [0.2, 0.25) is 0 Å². The second kappa shape index (κ2) is 7.16. The summed E-state index contributed by atoms with van der Waals surface area (Å²) >= 11 is 2.02. The highest BCUT2D eigenvalue weighted by Gasteiger charge is 2.45. The molecule has 1 saturated heterocycles. The number of hydrogen-bond acceptors (Lipinski definition) is 4. The molecule has 32 heavy (non-hydrogen) atoms. The van der Waals surface area contributed by atoms with E-state index >= 15 is 0 Å². The zero-order chi connectivity index (χ0) is 22.3. The first-order valence-electron chi connectivity index (χ1n) is 12.1. The van der Waals surface area contributed by atoms with Gasteiger partial charge >= 0.3 is 0 Å². The lowest BCUT2D eigenvalue weighted by Crippen LogP contribution is -2.34. The SMILES string of the molecule is CCN1C[C@@H]2CC1C[C@H]2c1sc2[nH]c(-c3cn4ncnc4c(C)c3C)c(C(C)C)c2c1C. The lowest BCUT2D eigenvalue weighted by molar-refractivity contribution is 0.210. The summed E-state index contributed by atoms with van der Waals surface area (Å²) < 4.78 is 1.92. The van der Waals surface area contributed by atoms with Crippen molar-refractivity contribution < 1.29 is 0 Å². The molecular weight excluding hydrogens is 414 g/mol. The highest BCUT2D eigenvalue weighted by atomic mass is 32.1. The topological polar surface area (TPSA) is 49.2 Å². The molecule has 1 aliphatic heterocycles. The van der Waals surface area contributed by atoms with E-state index < -0.39 is 0 Å². The minimum absolute atomic E-state index is 0.446. The first-order chi connectivity index (χ1) is 15.4. The van der Waals surface area contributed by atoms with Crippen LogP contribution in [-0.4, -0.2) is 43.6 Å². The number of aryl methyl sites for hydroxylation is 2. The molecule has 2 aliphatic rings. The Balaban J connectivity index is 1.50. The van der Waals surface area contributed by atoms with Crippen molar-refractivity contribution in [1.82, 2.24) is 24.5 Å². The Morgan fingerprint density at radius 1 is 1.16 bits per heavy atom. The Hall–Kier alpha value is -2.18. The van der Waals surface area contributed by atoms with E-state index in [9.17, 15) is 0 Å². The molecule has 1 unspecified atom stereocenters. The molecule has 4 aromatic heterocycles. The monoisotopic (exact) mass is 447 g/mol. The maximum Gasteiger partial charge on any atom is 0.158 e. The van der Waals surface area contributed by atoms with Crippen molar-refractivity contribution in [3.05, 3.63) is 39.7 Å². The van der Waals surface area contributed by atoms with Crippen LogP contribution in [0.15, 0.2) is 12.5 Å². The molecule has 2 bridgehead atoms. The summed E-state index contributed by atoms with van der Waals surface area (Å²) in [4.78, 5) is 14.0. The molecule has 1 saturated carbocycles. The summed E-state index contributed by atoms with van der Waals surface area (Å²) in [6.45, 7) is 16.2. The number of pyridine rings is 1. The fourth-order valence-corrected chi connectivity index (χ4v) is 8.03. The summed E-state index contributed by atoms with van der Waals surface area (Å²) in [6, 6.07) is 0.801. The Morgan fingerprint density at radius 2 is 1.97 bits per heavy atom. The number of piperidine rings is 1. The summed E-state index contributed by atoms with van der Waals surface area (Å²) in [6.07, 6.45) is 6.53. The van der Waals surface area contributed by atoms with Gasteiger partial charge in [-0.25, -0.2) is 9.50 Å². The van der Waals surface area contributed by atoms with Crippen molar-refractivity contribution in [2.45, 2.75) is 72.3 Å². The molecule has 0 amide bonds. The number of hydrogen-bond donors (Lipinski definition) is 1. The van der Waals surface area contributed by atoms with Gasteiger partial charge in [0.1, 0.15) is 11.2 Å². The van der Waals surface area contributed by atoms with Gasteiger partial charge in [-0.15, -0.1) is 11.3 Å². The van der Waals surface area contributed by atoms with Gasteiger partial charge in [0.25, 0.3) is 0 Å². The number of fused-ring (bicyclic) bond motifs is 4. The summed E-state index contributed by atoms with van der Waals surface area (Å²) in [5.41, 5.74) is 8.92. The molecule has 0 spiro atoms. The Labute approximate surface area is 193 Å². The van der Waals surface area contributed by atoms with E-state index in [1.807, 2.05) is 15.9 Å². The van der Waals surface area contributed by atoms with Gasteiger partial charge in [0.15, 0.2) is 5.65 Å². The maximum absolute atomic E-state index is 4.44. The second-order valence-electron chi connectivity index (χ2n) is 10.3. The fourth-order valence-electron chi connectivity index (χ4n) is 6.60. The maximum atomic E-state index is 4.44. The number of aromatic nitrogens is 4. The molecule has 1 N–H and O–H groups in total. The van der Waals surface area contributed by atoms with Crippen molar-refractivity contribution in [3.63, 3.8) is 0 Å². The average Bonchev–Trinajstić information content (AvgIpc) is 3.56. The highest BCUT2D eigenvalue weighted by molar-refractivity contribution is 7.19. The Bertz CT molecular complexity index is 1340. The van der Waals surface area contributed by atoms with Crippen LogP contribution >= 0.6 is 11.3 Å². The first kappa shape index (κ1) is 20.4. The molecule has 168 valence electrons. The molecule has 6 heteroatoms. The van der Waals surface area contributed by atoms with Gasteiger partial charge in [-0.05, 0) is 80.2 Å². The van der Waals surface area contributed by atoms with Gasteiger partial charge in [0.05, 0.1) is 5.69 Å². The lowest BCUT2D eigenvalue weighted by Gasteiger charge is -2.30. The predicted octanol–water partition coefficient (Wildman–Crippen LogP) is 6.19. The second-order valence-corrected chi connectivity index (χ2v) is 11.3. The third-order valence-corrected chi connectivity index (χ3v) is 9.67. The standard InChI is InChI=1S/C26H33N5S/c1-7-30-10-17-8-18(30)9-19(17)24-16(6)22-21(13(2)3)23(29-26(22)32-24)20-11-31-25(27-12-28-31)15(5)14(20)4/h11-13,17-19,29H,7-10H2,1-6H3/t17-,18?,19+/m0/s1. The Kier molecular flexibility index (Phi) is 4.57. The molecule has 4 aromatic rings. The summed E-state index contributed by atoms with van der Waals surface area (Å²) in [5, 5.41) is 5.91. The van der Waals surface area contributed by atoms with Crippen LogP contribution in [0.2, 0.25) is 0 Å². The van der Waals surface area contributed by atoms with Crippen LogP contribution in [0.4, 0.5) is 0 Å². The van der Waals surface area contributed by atoms with E-state index in [2.05, 4.69) is 67.7 Å². The predicted molar refractivity (Wildman–Crippen MR) is 133 cm³/mol. The van der Waals surface area contributed by atoms with Crippen LogP contribution in [0, 0.1) is 26.7 Å². The average molecular weight is 448 g/mol. The molecule has 3 atom stereocenters. The number of H-pyrrole nitrogens is 1. The summed E-state index contributed by atoms with van der Waals surface area (Å²) in [7, 11) is 0. The molecule has 0 radical (unpaired) electrons. The van der Waals surface area contributed by atoms with E-state index in [4.69, 9.17) is 0 Å². The number of likely N-dealkylation sites (tertiary alicyclic amines) is 1. The minimum Gasteiger partial charge on any atom is -0.346 e. The van der Waals surface area contributed by atoms with Crippen molar-refractivity contribution in [2.75, 3.05) is 13.1 Å². The number of nitrogens with zero attached hydrogens (tertiary/aromatic N) is 4. The largest absolute Gasteiger partial charge is 0.346 e. The number of nitrogens with one attached hydrogen (secondary N) is 1. The highest BCUT2D eigenvalue weighted by Crippen LogP contribution is 2.53. The number of rotatable bonds is 4. The van der Waals surface area contributed by atoms with Crippen molar-refractivity contribution >= 4 is 27.2 Å². The fraction of sp³-hybridized carbons (Fsp3) is 0.538. The van der Waals surface area contributed by atoms with Crippen molar-refractivity contribution in [1.29, 1.82) is 0 Å². The number of thiophene rings is 1. The van der Waals surface area contributed by atoms with Crippen LogP contribution in [0.1, 0.15) is 72.6 Å². The Morgan fingerprint density at radius 3 is 2.66 bits per heavy atom. The van der Waals surface area contributed by atoms with Gasteiger partial charge in [-0.1, -0.05) is 20.8 Å². The van der Waals surface area contributed by atoms with Gasteiger partial charge < -0.3 is 9.88 Å². The number of aromatic amines is 1. The molecule has 6 rings (SSSR count). The lowest BCUT2D eigenvalue weighted by atomic mass is 9.88. The van der Waals surface area contributed by atoms with E-state index in [1.165, 1.54) is 69.7 Å². The smallest absolute Gasteiger partial charge is 0.158 e. The van der Waals surface area contributed by atoms with Gasteiger partial charge in [-0.2, -0.15) is 5.10 Å². The van der Waals surface area contributed by atoms with Gasteiger partial charge in [-0.3, -0.25) is 0 Å². The van der Waals surface area contributed by atoms with E-state index in [-0.39, 0.29) is 0 Å². The molecular formula is C26H33N5S. The van der Waals surface area contributed by atoms with Crippen LogP contribution in [-0.2, 0) is 0 Å². The van der Waals surface area contributed by atoms with Crippen LogP contribution in [0.25, 0.3) is 27.1 Å². The molecule has 5 nitrogen and oxygen atoms in total. The molecule has 0 aromatic carbocycles. The summed E-state index contributed by atoms with van der Waals surface area (Å²) in [5.74, 6) is 2.03. The molecule has 1 aliphatic carbocycles. The zero-order valence-corrected chi connectivity index (χ0v) is 20.8. The third kappa shape index (κ3) is 2.72. The molecule has 5 heterocycles. The first-order valence-corrected chi connectivity index (χ1v) is 12.9. The minimum atomic E-state index is 0.446. The third-order valence-electron chi connectivity index (χ3n) is 8.33. The van der Waals surface area contributed by atoms with E-state index in [1.54, 1.807) is 11.2 Å².